The molecule has 1 heterocycles. The topological polar surface area (TPSA) is 12.5 Å². The maximum Gasteiger partial charge on any atom is 0.118 e. The van der Waals surface area contributed by atoms with Crippen molar-refractivity contribution >= 4 is 11.4 Å². The number of benzene rings is 3. The number of para-hydroxylation sites is 2. The van der Waals surface area contributed by atoms with Crippen molar-refractivity contribution in [2.45, 2.75) is 13.0 Å². The molecule has 114 valence electrons. The van der Waals surface area contributed by atoms with E-state index in [2.05, 4.69) is 65.6 Å². The summed E-state index contributed by atoms with van der Waals surface area (Å²) in [6, 6.07) is 25.7. The van der Waals surface area contributed by atoms with E-state index in [1.54, 1.807) is 7.11 Å². The van der Waals surface area contributed by atoms with Gasteiger partial charge < -0.3 is 9.64 Å². The van der Waals surface area contributed by atoms with Crippen LogP contribution in [0.2, 0.25) is 0 Å². The first-order chi connectivity index (χ1) is 11.3. The van der Waals surface area contributed by atoms with Crippen LogP contribution in [0, 0.1) is 0 Å². The summed E-state index contributed by atoms with van der Waals surface area (Å²) in [6.45, 7) is 0.859. The molecule has 3 aromatic rings. The number of rotatable bonds is 3. The van der Waals surface area contributed by atoms with Crippen LogP contribution in [0.5, 0.6) is 5.75 Å². The lowest BCUT2D eigenvalue weighted by Crippen LogP contribution is -2.22. The van der Waals surface area contributed by atoms with Gasteiger partial charge >= 0.3 is 0 Å². The SMILES string of the molecule is COc1ccc(CN2c3ccccc3Cc3ccccc32)cc1. The van der Waals surface area contributed by atoms with Crippen LogP contribution in [0.25, 0.3) is 0 Å². The first kappa shape index (κ1) is 13.9. The molecule has 2 nitrogen and oxygen atoms in total. The van der Waals surface area contributed by atoms with Gasteiger partial charge in [-0.3, -0.25) is 0 Å². The number of hydrogen-bond donors (Lipinski definition) is 0. The van der Waals surface area contributed by atoms with Crippen molar-refractivity contribution in [3.05, 3.63) is 89.5 Å². The van der Waals surface area contributed by atoms with Gasteiger partial charge in [0.2, 0.25) is 0 Å². The van der Waals surface area contributed by atoms with E-state index in [-0.39, 0.29) is 0 Å². The van der Waals surface area contributed by atoms with E-state index in [9.17, 15) is 0 Å². The van der Waals surface area contributed by atoms with Crippen molar-refractivity contribution in [3.8, 4) is 5.75 Å². The first-order valence-electron chi connectivity index (χ1n) is 7.91. The quantitative estimate of drug-likeness (QED) is 0.679. The monoisotopic (exact) mass is 301 g/mol. The lowest BCUT2D eigenvalue weighted by atomic mass is 9.95. The average molecular weight is 301 g/mol. The maximum atomic E-state index is 5.26. The number of ether oxygens (including phenoxy) is 1. The van der Waals surface area contributed by atoms with Crippen LogP contribution in [0.4, 0.5) is 11.4 Å². The summed E-state index contributed by atoms with van der Waals surface area (Å²) < 4.78 is 5.26. The number of methoxy groups -OCH3 is 1. The molecule has 0 saturated carbocycles. The molecule has 0 aromatic heterocycles. The molecule has 1 aliphatic heterocycles. The van der Waals surface area contributed by atoms with Crippen LogP contribution < -0.4 is 9.64 Å². The van der Waals surface area contributed by atoms with Gasteiger partial charge in [0.15, 0.2) is 0 Å². The second-order valence-electron chi connectivity index (χ2n) is 5.87. The zero-order chi connectivity index (χ0) is 15.6. The molecule has 0 atom stereocenters. The summed E-state index contributed by atoms with van der Waals surface area (Å²) in [6.07, 6.45) is 1.01. The van der Waals surface area contributed by atoms with Crippen LogP contribution in [-0.2, 0) is 13.0 Å². The Morgan fingerprint density at radius 2 is 1.35 bits per heavy atom. The molecule has 0 N–H and O–H groups in total. The zero-order valence-corrected chi connectivity index (χ0v) is 13.2. The average Bonchev–Trinajstić information content (AvgIpc) is 2.62. The molecule has 0 fully saturated rings. The largest absolute Gasteiger partial charge is 0.497 e. The van der Waals surface area contributed by atoms with Crippen molar-refractivity contribution in [1.29, 1.82) is 0 Å². The minimum Gasteiger partial charge on any atom is -0.497 e. The van der Waals surface area contributed by atoms with Gasteiger partial charge in [-0.25, -0.2) is 0 Å². The van der Waals surface area contributed by atoms with Gasteiger partial charge in [-0.1, -0.05) is 48.5 Å². The van der Waals surface area contributed by atoms with Crippen LogP contribution in [0.3, 0.4) is 0 Å². The molecule has 0 amide bonds. The molecule has 3 aromatic carbocycles. The second-order valence-corrected chi connectivity index (χ2v) is 5.87. The molecule has 0 radical (unpaired) electrons. The van der Waals surface area contributed by atoms with Crippen molar-refractivity contribution in [2.24, 2.45) is 0 Å². The summed E-state index contributed by atoms with van der Waals surface area (Å²) in [5.41, 5.74) is 6.67. The third-order valence-electron chi connectivity index (χ3n) is 4.45. The summed E-state index contributed by atoms with van der Waals surface area (Å²) in [4.78, 5) is 2.41. The van der Waals surface area contributed by atoms with Gasteiger partial charge in [0.05, 0.1) is 7.11 Å². The third-order valence-corrected chi connectivity index (χ3v) is 4.45. The fourth-order valence-corrected chi connectivity index (χ4v) is 3.27. The molecule has 2 heteroatoms. The summed E-state index contributed by atoms with van der Waals surface area (Å²) in [5, 5.41) is 0. The Bertz CT molecular complexity index is 778. The van der Waals surface area contributed by atoms with Crippen LogP contribution in [0.1, 0.15) is 16.7 Å². The second kappa shape index (κ2) is 5.81. The molecule has 0 spiro atoms. The number of anilines is 2. The predicted molar refractivity (Wildman–Crippen MR) is 94.5 cm³/mol. The summed E-state index contributed by atoms with van der Waals surface area (Å²) >= 11 is 0. The normalized spacial score (nSPS) is 12.5. The van der Waals surface area contributed by atoms with Crippen molar-refractivity contribution < 1.29 is 4.74 Å². The zero-order valence-electron chi connectivity index (χ0n) is 13.2. The van der Waals surface area contributed by atoms with Crippen molar-refractivity contribution in [2.75, 3.05) is 12.0 Å². The van der Waals surface area contributed by atoms with Crippen molar-refractivity contribution in [1.82, 2.24) is 0 Å². The molecule has 23 heavy (non-hydrogen) atoms. The minimum absolute atomic E-state index is 0.859. The van der Waals surface area contributed by atoms with E-state index >= 15 is 0 Å². The minimum atomic E-state index is 0.859. The number of nitrogens with zero attached hydrogens (tertiary/aromatic N) is 1. The molecule has 0 aliphatic carbocycles. The Morgan fingerprint density at radius 1 is 0.783 bits per heavy atom. The van der Waals surface area contributed by atoms with E-state index in [4.69, 9.17) is 4.74 Å². The molecule has 1 aliphatic rings. The Balaban J connectivity index is 1.74. The van der Waals surface area contributed by atoms with Gasteiger partial charge in [-0.05, 0) is 41.0 Å². The third kappa shape index (κ3) is 2.57. The number of hydrogen-bond acceptors (Lipinski definition) is 2. The Hall–Kier alpha value is -2.74. The van der Waals surface area contributed by atoms with Gasteiger partial charge in [-0.2, -0.15) is 0 Å². The van der Waals surface area contributed by atoms with Crippen LogP contribution in [0.15, 0.2) is 72.8 Å². The fourth-order valence-electron chi connectivity index (χ4n) is 3.27. The first-order valence-corrected chi connectivity index (χ1v) is 7.91. The molecule has 0 saturated heterocycles. The standard InChI is InChI=1S/C21H19NO/c1-23-19-12-10-16(11-13-19)15-22-20-8-4-2-6-17(20)14-18-7-3-5-9-21(18)22/h2-13H,14-15H2,1H3. The summed E-state index contributed by atoms with van der Waals surface area (Å²) in [7, 11) is 1.70. The van der Waals surface area contributed by atoms with Crippen LogP contribution >= 0.6 is 0 Å². The van der Waals surface area contributed by atoms with Gasteiger partial charge in [0.25, 0.3) is 0 Å². The molecular formula is C21H19NO. The molecule has 4 rings (SSSR count). The highest BCUT2D eigenvalue weighted by atomic mass is 16.5. The van der Waals surface area contributed by atoms with Gasteiger partial charge in [-0.15, -0.1) is 0 Å². The fraction of sp³-hybridized carbons (Fsp3) is 0.143. The summed E-state index contributed by atoms with van der Waals surface area (Å²) in [5.74, 6) is 0.896. The lowest BCUT2D eigenvalue weighted by molar-refractivity contribution is 0.414. The van der Waals surface area contributed by atoms with Crippen molar-refractivity contribution in [3.63, 3.8) is 0 Å². The number of fused-ring (bicyclic) bond motifs is 2. The van der Waals surface area contributed by atoms with Gasteiger partial charge in [0, 0.05) is 24.3 Å². The van der Waals surface area contributed by atoms with E-state index in [0.29, 0.717) is 0 Å². The molecule has 0 unspecified atom stereocenters. The molecular weight excluding hydrogens is 282 g/mol. The van der Waals surface area contributed by atoms with E-state index in [0.717, 1.165) is 18.7 Å². The Morgan fingerprint density at radius 3 is 1.91 bits per heavy atom. The van der Waals surface area contributed by atoms with Gasteiger partial charge in [0.1, 0.15) is 5.75 Å². The van der Waals surface area contributed by atoms with E-state index in [1.807, 2.05) is 12.1 Å². The predicted octanol–water partition coefficient (Wildman–Crippen LogP) is 4.94. The van der Waals surface area contributed by atoms with Crippen LogP contribution in [-0.4, -0.2) is 7.11 Å². The maximum absolute atomic E-state index is 5.26. The highest BCUT2D eigenvalue weighted by Crippen LogP contribution is 2.39. The smallest absolute Gasteiger partial charge is 0.118 e. The Labute approximate surface area is 137 Å². The van der Waals surface area contributed by atoms with E-state index < -0.39 is 0 Å². The lowest BCUT2D eigenvalue weighted by Gasteiger charge is -2.33. The highest BCUT2D eigenvalue weighted by molar-refractivity contribution is 5.74. The molecule has 0 bridgehead atoms. The Kier molecular flexibility index (Phi) is 3.51. The highest BCUT2D eigenvalue weighted by Gasteiger charge is 2.21. The van der Waals surface area contributed by atoms with E-state index in [1.165, 1.54) is 28.1 Å².